The Morgan fingerprint density at radius 2 is 2.09 bits per heavy atom. The summed E-state index contributed by atoms with van der Waals surface area (Å²) in [4.78, 5) is 2.63. The summed E-state index contributed by atoms with van der Waals surface area (Å²) in [6.45, 7) is 9.41. The van der Waals surface area contributed by atoms with Crippen LogP contribution in [0.15, 0.2) is 0 Å². The largest absolute Gasteiger partial charge is 0.311 e. The van der Waals surface area contributed by atoms with Crippen molar-refractivity contribution < 1.29 is 0 Å². The van der Waals surface area contributed by atoms with Crippen molar-refractivity contribution in [2.75, 3.05) is 13.1 Å². The lowest BCUT2D eigenvalue weighted by Gasteiger charge is -2.38. The zero-order chi connectivity index (χ0) is 8.06. The molecule has 64 valence electrons. The van der Waals surface area contributed by atoms with E-state index in [1.54, 1.807) is 0 Å². The van der Waals surface area contributed by atoms with Gasteiger partial charge in [0.1, 0.15) is 0 Å². The van der Waals surface area contributed by atoms with Crippen molar-refractivity contribution in [2.45, 2.75) is 44.8 Å². The van der Waals surface area contributed by atoms with Crippen LogP contribution in [0.2, 0.25) is 0 Å². The molecule has 0 saturated carbocycles. The molecule has 0 amide bonds. The summed E-state index contributed by atoms with van der Waals surface area (Å²) >= 11 is 0. The zero-order valence-electron chi connectivity index (χ0n) is 7.72. The van der Waals surface area contributed by atoms with Gasteiger partial charge in [0.25, 0.3) is 0 Å². The fourth-order valence-corrected chi connectivity index (χ4v) is 2.38. The number of rotatable bonds is 0. The summed E-state index contributed by atoms with van der Waals surface area (Å²) in [6.07, 6.45) is 1.37. The standard InChI is InChI=1S/C9H18N2/c1-9(2,3)11-6-7-4-8(11)5-10-7/h7-8,10H,4-6H2,1-3H3/t7-,8?/m0/s1. The first-order chi connectivity index (χ1) is 5.07. The summed E-state index contributed by atoms with van der Waals surface area (Å²) in [7, 11) is 0. The first-order valence-electron chi connectivity index (χ1n) is 4.57. The monoisotopic (exact) mass is 154 g/mol. The normalized spacial score (nSPS) is 38.5. The van der Waals surface area contributed by atoms with E-state index in [1.165, 1.54) is 19.5 Å². The minimum absolute atomic E-state index is 0.377. The van der Waals surface area contributed by atoms with Crippen LogP contribution in [0.3, 0.4) is 0 Å². The number of likely N-dealkylation sites (tertiary alicyclic amines) is 1. The van der Waals surface area contributed by atoms with Crippen molar-refractivity contribution in [3.8, 4) is 0 Å². The van der Waals surface area contributed by atoms with Crippen molar-refractivity contribution in [1.29, 1.82) is 0 Å². The van der Waals surface area contributed by atoms with Crippen molar-refractivity contribution in [3.63, 3.8) is 0 Å². The quantitative estimate of drug-likeness (QED) is 0.556. The molecule has 0 aliphatic carbocycles. The predicted octanol–water partition coefficient (Wildman–Crippen LogP) is 0.831. The van der Waals surface area contributed by atoms with Gasteiger partial charge in [0.15, 0.2) is 0 Å². The van der Waals surface area contributed by atoms with E-state index >= 15 is 0 Å². The van der Waals surface area contributed by atoms with Gasteiger partial charge in [-0.3, -0.25) is 4.90 Å². The molecule has 0 spiro atoms. The molecule has 0 radical (unpaired) electrons. The van der Waals surface area contributed by atoms with E-state index in [0.29, 0.717) is 5.54 Å². The lowest BCUT2D eigenvalue weighted by molar-refractivity contribution is 0.106. The molecule has 2 aliphatic heterocycles. The third-order valence-corrected chi connectivity index (χ3v) is 2.92. The van der Waals surface area contributed by atoms with Crippen molar-refractivity contribution >= 4 is 0 Å². The summed E-state index contributed by atoms with van der Waals surface area (Å²) in [5, 5.41) is 3.52. The summed E-state index contributed by atoms with van der Waals surface area (Å²) in [5.74, 6) is 0. The average Bonchev–Trinajstić information content (AvgIpc) is 2.42. The number of piperazine rings is 1. The second-order valence-corrected chi connectivity index (χ2v) is 4.82. The Balaban J connectivity index is 2.08. The topological polar surface area (TPSA) is 15.3 Å². The number of nitrogens with zero attached hydrogens (tertiary/aromatic N) is 1. The van der Waals surface area contributed by atoms with Crippen molar-refractivity contribution in [2.24, 2.45) is 0 Å². The van der Waals surface area contributed by atoms with Crippen LogP contribution in [0.25, 0.3) is 0 Å². The fraction of sp³-hybridized carbons (Fsp3) is 1.00. The van der Waals surface area contributed by atoms with Crippen LogP contribution in [0, 0.1) is 0 Å². The predicted molar refractivity (Wildman–Crippen MR) is 46.7 cm³/mol. The molecule has 2 heterocycles. The Labute approximate surface area is 69.0 Å². The summed E-state index contributed by atoms with van der Waals surface area (Å²) in [5.41, 5.74) is 0.377. The van der Waals surface area contributed by atoms with Crippen LogP contribution >= 0.6 is 0 Å². The van der Waals surface area contributed by atoms with Crippen LogP contribution in [-0.2, 0) is 0 Å². The van der Waals surface area contributed by atoms with Gasteiger partial charge < -0.3 is 5.32 Å². The molecule has 0 aromatic heterocycles. The van der Waals surface area contributed by atoms with Gasteiger partial charge in [-0.1, -0.05) is 0 Å². The first-order valence-corrected chi connectivity index (χ1v) is 4.57. The highest BCUT2D eigenvalue weighted by molar-refractivity contribution is 5.01. The summed E-state index contributed by atoms with van der Waals surface area (Å²) < 4.78 is 0. The van der Waals surface area contributed by atoms with Crippen LogP contribution in [0.5, 0.6) is 0 Å². The maximum absolute atomic E-state index is 3.52. The first kappa shape index (κ1) is 7.56. The van der Waals surface area contributed by atoms with E-state index < -0.39 is 0 Å². The number of fused-ring (bicyclic) bond motifs is 2. The smallest absolute Gasteiger partial charge is 0.0241 e. The molecule has 2 rings (SSSR count). The third-order valence-electron chi connectivity index (χ3n) is 2.92. The van der Waals surface area contributed by atoms with Gasteiger partial charge in [-0.25, -0.2) is 0 Å². The Hall–Kier alpha value is -0.0800. The minimum Gasteiger partial charge on any atom is -0.311 e. The Morgan fingerprint density at radius 3 is 2.36 bits per heavy atom. The van der Waals surface area contributed by atoms with Gasteiger partial charge in [-0.15, -0.1) is 0 Å². The fourth-order valence-electron chi connectivity index (χ4n) is 2.38. The van der Waals surface area contributed by atoms with E-state index in [2.05, 4.69) is 31.0 Å². The van der Waals surface area contributed by atoms with Gasteiger partial charge in [-0.2, -0.15) is 0 Å². The Morgan fingerprint density at radius 1 is 1.36 bits per heavy atom. The Bertz CT molecular complexity index is 159. The SMILES string of the molecule is CC(C)(C)N1C[C@@H]2CC1CN2. The molecular formula is C9H18N2. The maximum atomic E-state index is 3.52. The average molecular weight is 154 g/mol. The molecule has 1 N–H and O–H groups in total. The second-order valence-electron chi connectivity index (χ2n) is 4.82. The second kappa shape index (κ2) is 2.20. The van der Waals surface area contributed by atoms with Gasteiger partial charge in [0.2, 0.25) is 0 Å². The van der Waals surface area contributed by atoms with Gasteiger partial charge in [-0.05, 0) is 27.2 Å². The number of hydrogen-bond acceptors (Lipinski definition) is 2. The zero-order valence-corrected chi connectivity index (χ0v) is 7.72. The molecule has 2 saturated heterocycles. The van der Waals surface area contributed by atoms with Crippen LogP contribution in [0.4, 0.5) is 0 Å². The van der Waals surface area contributed by atoms with Crippen molar-refractivity contribution in [3.05, 3.63) is 0 Å². The molecule has 1 unspecified atom stereocenters. The van der Waals surface area contributed by atoms with E-state index in [4.69, 9.17) is 0 Å². The number of nitrogens with one attached hydrogen (secondary N) is 1. The number of hydrogen-bond donors (Lipinski definition) is 1. The molecule has 0 aromatic carbocycles. The van der Waals surface area contributed by atoms with E-state index in [0.717, 1.165) is 12.1 Å². The molecule has 2 nitrogen and oxygen atoms in total. The van der Waals surface area contributed by atoms with Gasteiger partial charge in [0, 0.05) is 30.7 Å². The minimum atomic E-state index is 0.377. The van der Waals surface area contributed by atoms with Crippen LogP contribution in [-0.4, -0.2) is 35.6 Å². The van der Waals surface area contributed by atoms with E-state index in [-0.39, 0.29) is 0 Å². The van der Waals surface area contributed by atoms with Crippen molar-refractivity contribution in [1.82, 2.24) is 10.2 Å². The van der Waals surface area contributed by atoms with Crippen LogP contribution in [0.1, 0.15) is 27.2 Å². The molecule has 11 heavy (non-hydrogen) atoms. The Kier molecular flexibility index (Phi) is 1.52. The summed E-state index contributed by atoms with van der Waals surface area (Å²) in [6, 6.07) is 1.61. The molecule has 2 atom stereocenters. The van der Waals surface area contributed by atoms with E-state index in [9.17, 15) is 0 Å². The highest BCUT2D eigenvalue weighted by Gasteiger charge is 2.41. The molecular weight excluding hydrogens is 136 g/mol. The molecule has 2 fully saturated rings. The van der Waals surface area contributed by atoms with Gasteiger partial charge in [0.05, 0.1) is 0 Å². The molecule has 0 aromatic rings. The maximum Gasteiger partial charge on any atom is 0.0241 e. The lowest BCUT2D eigenvalue weighted by Crippen LogP contribution is -2.52. The third kappa shape index (κ3) is 1.18. The van der Waals surface area contributed by atoms with E-state index in [1.807, 2.05) is 0 Å². The highest BCUT2D eigenvalue weighted by Crippen LogP contribution is 2.29. The van der Waals surface area contributed by atoms with Gasteiger partial charge >= 0.3 is 0 Å². The molecule has 2 heteroatoms. The lowest BCUT2D eigenvalue weighted by atomic mass is 10.0. The molecule has 2 bridgehead atoms. The molecule has 2 aliphatic rings. The highest BCUT2D eigenvalue weighted by atomic mass is 15.3. The van der Waals surface area contributed by atoms with Crippen LogP contribution < -0.4 is 5.32 Å².